The average molecular weight is 334 g/mol. The Bertz CT molecular complexity index is 1130. The maximum absolute atomic E-state index is 12.6. The minimum absolute atomic E-state index is 0.201. The van der Waals surface area contributed by atoms with E-state index in [0.717, 1.165) is 46.3 Å². The first-order valence-corrected chi connectivity index (χ1v) is 8.24. The Labute approximate surface area is 144 Å². The lowest BCUT2D eigenvalue weighted by molar-refractivity contribution is 0.419. The minimum atomic E-state index is -0.201. The first kappa shape index (κ1) is 15.4. The molecule has 0 radical (unpaired) electrons. The van der Waals surface area contributed by atoms with Crippen LogP contribution in [0.15, 0.2) is 47.5 Å². The average Bonchev–Trinajstić information content (AvgIpc) is 2.98. The number of hydrogen-bond donors (Lipinski definition) is 1. The Morgan fingerprint density at radius 3 is 2.80 bits per heavy atom. The summed E-state index contributed by atoms with van der Waals surface area (Å²) in [6, 6.07) is 9.51. The van der Waals surface area contributed by atoms with Gasteiger partial charge in [0.2, 0.25) is 0 Å². The number of aryl methyl sites for hydroxylation is 1. The fourth-order valence-electron chi connectivity index (χ4n) is 3.24. The molecular weight excluding hydrogens is 316 g/mol. The number of pyridine rings is 2. The summed E-state index contributed by atoms with van der Waals surface area (Å²) < 4.78 is 7.11. The second-order valence-electron chi connectivity index (χ2n) is 5.90. The van der Waals surface area contributed by atoms with Crippen LogP contribution in [0.2, 0.25) is 0 Å². The highest BCUT2D eigenvalue weighted by Gasteiger charge is 2.14. The van der Waals surface area contributed by atoms with Gasteiger partial charge in [0.15, 0.2) is 5.65 Å². The van der Waals surface area contributed by atoms with E-state index < -0.39 is 0 Å². The van der Waals surface area contributed by atoms with Crippen molar-refractivity contribution in [1.82, 2.24) is 19.5 Å². The molecule has 0 aliphatic heterocycles. The molecule has 6 heteroatoms. The van der Waals surface area contributed by atoms with Crippen LogP contribution in [0.3, 0.4) is 0 Å². The highest BCUT2D eigenvalue weighted by molar-refractivity contribution is 5.87. The van der Waals surface area contributed by atoms with Crippen molar-refractivity contribution >= 4 is 22.1 Å². The van der Waals surface area contributed by atoms with Gasteiger partial charge < -0.3 is 4.74 Å². The predicted octanol–water partition coefficient (Wildman–Crippen LogP) is 3.22. The zero-order chi connectivity index (χ0) is 17.4. The molecule has 0 bridgehead atoms. The van der Waals surface area contributed by atoms with Gasteiger partial charge in [-0.15, -0.1) is 0 Å². The van der Waals surface area contributed by atoms with Gasteiger partial charge in [0.25, 0.3) is 0 Å². The van der Waals surface area contributed by atoms with E-state index in [4.69, 9.17) is 4.74 Å². The molecule has 1 aromatic carbocycles. The number of benzene rings is 1. The van der Waals surface area contributed by atoms with E-state index in [9.17, 15) is 4.79 Å². The summed E-state index contributed by atoms with van der Waals surface area (Å²) in [6.45, 7) is 2.12. The summed E-state index contributed by atoms with van der Waals surface area (Å²) in [5, 5.41) is 0.865. The molecule has 3 aromatic heterocycles. The number of ether oxygens (including phenoxy) is 1. The molecule has 4 aromatic rings. The smallest absolute Gasteiger partial charge is 0.332 e. The fraction of sp³-hybridized carbons (Fsp3) is 0.211. The van der Waals surface area contributed by atoms with Crippen LogP contribution in [0.1, 0.15) is 18.9 Å². The molecule has 0 spiro atoms. The molecular formula is C19H18N4O2. The fourth-order valence-corrected chi connectivity index (χ4v) is 3.24. The SMILES string of the molecule is CCCc1ccnc2[nH]c(=O)n(-c3ccc4nccc(OC)c4c3)c12. The second kappa shape index (κ2) is 6.05. The lowest BCUT2D eigenvalue weighted by atomic mass is 10.1. The lowest BCUT2D eigenvalue weighted by Gasteiger charge is -2.10. The van der Waals surface area contributed by atoms with Crippen LogP contribution >= 0.6 is 0 Å². The topological polar surface area (TPSA) is 72.8 Å². The van der Waals surface area contributed by atoms with Gasteiger partial charge in [0.05, 0.1) is 23.8 Å². The lowest BCUT2D eigenvalue weighted by Crippen LogP contribution is -2.15. The Hall–Kier alpha value is -3.15. The number of fused-ring (bicyclic) bond motifs is 2. The van der Waals surface area contributed by atoms with E-state index in [1.807, 2.05) is 30.3 Å². The minimum Gasteiger partial charge on any atom is -0.496 e. The number of methoxy groups -OCH3 is 1. The van der Waals surface area contributed by atoms with Crippen molar-refractivity contribution < 1.29 is 4.74 Å². The molecule has 0 unspecified atom stereocenters. The third-order valence-electron chi connectivity index (χ3n) is 4.34. The van der Waals surface area contributed by atoms with Crippen LogP contribution in [0.4, 0.5) is 0 Å². The Kier molecular flexibility index (Phi) is 3.72. The molecule has 0 aliphatic carbocycles. The summed E-state index contributed by atoms with van der Waals surface area (Å²) in [4.78, 5) is 24.1. The molecule has 1 N–H and O–H groups in total. The third-order valence-corrected chi connectivity index (χ3v) is 4.34. The van der Waals surface area contributed by atoms with Crippen LogP contribution in [0, 0.1) is 0 Å². The summed E-state index contributed by atoms with van der Waals surface area (Å²) in [5.41, 5.74) is 3.92. The number of rotatable bonds is 4. The summed E-state index contributed by atoms with van der Waals surface area (Å²) in [5.74, 6) is 0.728. The zero-order valence-corrected chi connectivity index (χ0v) is 14.1. The van der Waals surface area contributed by atoms with Gasteiger partial charge in [-0.1, -0.05) is 13.3 Å². The molecule has 0 atom stereocenters. The quantitative estimate of drug-likeness (QED) is 0.622. The Balaban J connectivity index is 2.03. The van der Waals surface area contributed by atoms with Crippen molar-refractivity contribution in [3.63, 3.8) is 0 Å². The van der Waals surface area contributed by atoms with Gasteiger partial charge in [-0.2, -0.15) is 0 Å². The predicted molar refractivity (Wildman–Crippen MR) is 97.5 cm³/mol. The van der Waals surface area contributed by atoms with Crippen molar-refractivity contribution in [3.8, 4) is 11.4 Å². The van der Waals surface area contributed by atoms with E-state index in [0.29, 0.717) is 5.65 Å². The van der Waals surface area contributed by atoms with Crippen molar-refractivity contribution in [2.75, 3.05) is 7.11 Å². The third kappa shape index (κ3) is 2.46. The molecule has 0 saturated heterocycles. The van der Waals surface area contributed by atoms with E-state index in [1.54, 1.807) is 24.1 Å². The Morgan fingerprint density at radius 2 is 2.00 bits per heavy atom. The largest absolute Gasteiger partial charge is 0.496 e. The van der Waals surface area contributed by atoms with E-state index >= 15 is 0 Å². The summed E-state index contributed by atoms with van der Waals surface area (Å²) in [7, 11) is 1.63. The van der Waals surface area contributed by atoms with Crippen LogP contribution < -0.4 is 10.4 Å². The highest BCUT2D eigenvalue weighted by atomic mass is 16.5. The molecule has 0 saturated carbocycles. The van der Waals surface area contributed by atoms with Crippen molar-refractivity contribution in [3.05, 3.63) is 58.8 Å². The van der Waals surface area contributed by atoms with Gasteiger partial charge in [-0.25, -0.2) is 9.78 Å². The van der Waals surface area contributed by atoms with Gasteiger partial charge in [-0.05, 0) is 42.3 Å². The number of H-pyrrole nitrogens is 1. The van der Waals surface area contributed by atoms with Crippen LogP contribution in [-0.2, 0) is 6.42 Å². The highest BCUT2D eigenvalue weighted by Crippen LogP contribution is 2.27. The molecule has 0 fully saturated rings. The first-order valence-electron chi connectivity index (χ1n) is 8.24. The summed E-state index contributed by atoms with van der Waals surface area (Å²) >= 11 is 0. The number of aromatic nitrogens is 4. The monoisotopic (exact) mass is 334 g/mol. The van der Waals surface area contributed by atoms with Crippen molar-refractivity contribution in [1.29, 1.82) is 0 Å². The zero-order valence-electron chi connectivity index (χ0n) is 14.1. The van der Waals surface area contributed by atoms with E-state index in [1.165, 1.54) is 0 Å². The molecule has 4 rings (SSSR count). The maximum Gasteiger partial charge on any atom is 0.332 e. The van der Waals surface area contributed by atoms with E-state index in [2.05, 4.69) is 21.9 Å². The summed E-state index contributed by atoms with van der Waals surface area (Å²) in [6.07, 6.45) is 5.33. The first-order chi connectivity index (χ1) is 12.2. The van der Waals surface area contributed by atoms with Crippen molar-refractivity contribution in [2.45, 2.75) is 19.8 Å². The van der Waals surface area contributed by atoms with E-state index in [-0.39, 0.29) is 5.69 Å². The number of nitrogens with zero attached hydrogens (tertiary/aromatic N) is 3. The van der Waals surface area contributed by atoms with Gasteiger partial charge in [-0.3, -0.25) is 14.5 Å². The molecule has 0 amide bonds. The second-order valence-corrected chi connectivity index (χ2v) is 5.90. The molecule has 0 aliphatic rings. The Morgan fingerprint density at radius 1 is 1.16 bits per heavy atom. The van der Waals surface area contributed by atoms with Gasteiger partial charge in [0.1, 0.15) is 5.75 Å². The van der Waals surface area contributed by atoms with Crippen LogP contribution in [-0.4, -0.2) is 26.6 Å². The van der Waals surface area contributed by atoms with Gasteiger partial charge >= 0.3 is 5.69 Å². The van der Waals surface area contributed by atoms with Crippen LogP contribution in [0.25, 0.3) is 27.8 Å². The molecule has 126 valence electrons. The molecule has 3 heterocycles. The number of aromatic amines is 1. The maximum atomic E-state index is 12.6. The van der Waals surface area contributed by atoms with Gasteiger partial charge in [0, 0.05) is 17.8 Å². The molecule has 25 heavy (non-hydrogen) atoms. The normalized spacial score (nSPS) is 11.3. The standard InChI is InChI=1S/C19H18N4O2/c1-3-4-12-7-9-21-18-17(12)23(19(24)22-18)13-5-6-15-14(11-13)16(25-2)8-10-20-15/h5-11H,3-4H2,1-2H3,(H,21,22,24). The van der Waals surface area contributed by atoms with Crippen LogP contribution in [0.5, 0.6) is 5.75 Å². The van der Waals surface area contributed by atoms with Crippen molar-refractivity contribution in [2.24, 2.45) is 0 Å². The molecule has 6 nitrogen and oxygen atoms in total. The number of nitrogens with one attached hydrogen (secondary N) is 1. The number of imidazole rings is 1. The number of hydrogen-bond acceptors (Lipinski definition) is 4.